The fraction of sp³-hybridized carbons (Fsp3) is 0.0556. The average molecular weight is 459 g/mol. The van der Waals surface area contributed by atoms with Crippen LogP contribution in [0.25, 0.3) is 11.0 Å². The summed E-state index contributed by atoms with van der Waals surface area (Å²) in [6.07, 6.45) is 3.39. The molecule has 0 radical (unpaired) electrons. The number of nitrogens with zero attached hydrogens (tertiary/aromatic N) is 4. The zero-order valence-electron chi connectivity index (χ0n) is 13.7. The largest absolute Gasteiger partial charge is 0.504 e. The van der Waals surface area contributed by atoms with Crippen molar-refractivity contribution >= 4 is 50.9 Å². The van der Waals surface area contributed by atoms with E-state index in [9.17, 15) is 5.11 Å². The van der Waals surface area contributed by atoms with E-state index >= 15 is 0 Å². The molecule has 2 aromatic carbocycles. The number of halogens is 1. The van der Waals surface area contributed by atoms with Crippen molar-refractivity contribution in [1.82, 2.24) is 20.2 Å². The molecule has 2 aromatic heterocycles. The van der Waals surface area contributed by atoms with E-state index in [0.29, 0.717) is 23.0 Å². The molecule has 26 heavy (non-hydrogen) atoms. The van der Waals surface area contributed by atoms with E-state index in [1.54, 1.807) is 24.5 Å². The van der Waals surface area contributed by atoms with Gasteiger partial charge in [0.2, 0.25) is 5.95 Å². The molecule has 0 atom stereocenters. The fourth-order valence-electron chi connectivity index (χ4n) is 2.62. The fourth-order valence-corrected chi connectivity index (χ4v) is 2.98. The number of hydrogen-bond acceptors (Lipinski definition) is 6. The number of aromatic nitrogens is 4. The van der Waals surface area contributed by atoms with Crippen LogP contribution in [0, 0.1) is 3.57 Å². The summed E-state index contributed by atoms with van der Waals surface area (Å²) in [5.41, 5.74) is 2.22. The molecule has 0 saturated heterocycles. The van der Waals surface area contributed by atoms with Crippen LogP contribution < -0.4 is 9.64 Å². The van der Waals surface area contributed by atoms with Crippen molar-refractivity contribution in [2.75, 3.05) is 12.0 Å². The van der Waals surface area contributed by atoms with Crippen molar-refractivity contribution in [3.8, 4) is 11.5 Å². The lowest BCUT2D eigenvalue weighted by atomic mass is 10.2. The molecule has 0 unspecified atom stereocenters. The molecule has 0 fully saturated rings. The van der Waals surface area contributed by atoms with Gasteiger partial charge in [-0.05, 0) is 59.0 Å². The van der Waals surface area contributed by atoms with Crippen LogP contribution >= 0.6 is 22.6 Å². The minimum atomic E-state index is 0.0446. The Kier molecular flexibility index (Phi) is 4.33. The van der Waals surface area contributed by atoms with Gasteiger partial charge in [0.15, 0.2) is 17.1 Å². The third-order valence-electron chi connectivity index (χ3n) is 3.88. The lowest BCUT2D eigenvalue weighted by Gasteiger charge is -2.23. The van der Waals surface area contributed by atoms with Gasteiger partial charge in [-0.25, -0.2) is 4.98 Å². The second-order valence-electron chi connectivity index (χ2n) is 5.51. The maximum Gasteiger partial charge on any atom is 0.236 e. The SMILES string of the molecule is COc1ccc(N(c2ccc(I)cc2)c2ncc3cn[nH]c3n2)cc1O. The summed E-state index contributed by atoms with van der Waals surface area (Å²) in [5, 5.41) is 17.9. The summed E-state index contributed by atoms with van der Waals surface area (Å²) in [7, 11) is 1.51. The highest BCUT2D eigenvalue weighted by Gasteiger charge is 2.17. The maximum atomic E-state index is 10.2. The molecule has 7 nitrogen and oxygen atoms in total. The third-order valence-corrected chi connectivity index (χ3v) is 4.60. The number of nitrogens with one attached hydrogen (secondary N) is 1. The number of fused-ring (bicyclic) bond motifs is 1. The molecule has 2 heterocycles. The highest BCUT2D eigenvalue weighted by atomic mass is 127. The number of benzene rings is 2. The molecule has 8 heteroatoms. The van der Waals surface area contributed by atoms with Crippen LogP contribution in [0.15, 0.2) is 54.9 Å². The molecule has 4 rings (SSSR count). The summed E-state index contributed by atoms with van der Waals surface area (Å²) in [6, 6.07) is 13.1. The number of H-pyrrole nitrogens is 1. The number of rotatable bonds is 4. The van der Waals surface area contributed by atoms with E-state index in [1.807, 2.05) is 35.2 Å². The summed E-state index contributed by atoms with van der Waals surface area (Å²) in [4.78, 5) is 10.9. The predicted molar refractivity (Wildman–Crippen MR) is 107 cm³/mol. The first-order valence-corrected chi connectivity index (χ1v) is 8.82. The number of hydrogen-bond donors (Lipinski definition) is 2. The topological polar surface area (TPSA) is 87.2 Å². The van der Waals surface area contributed by atoms with Gasteiger partial charge in [0, 0.05) is 21.5 Å². The van der Waals surface area contributed by atoms with Crippen LogP contribution in [0.5, 0.6) is 11.5 Å². The molecular weight excluding hydrogens is 445 g/mol. The van der Waals surface area contributed by atoms with Gasteiger partial charge in [-0.15, -0.1) is 0 Å². The number of aromatic amines is 1. The number of methoxy groups -OCH3 is 1. The van der Waals surface area contributed by atoms with Gasteiger partial charge in [-0.3, -0.25) is 10.00 Å². The Morgan fingerprint density at radius 2 is 1.85 bits per heavy atom. The number of ether oxygens (including phenoxy) is 1. The van der Waals surface area contributed by atoms with E-state index in [1.165, 1.54) is 7.11 Å². The molecule has 0 amide bonds. The molecule has 2 N–H and O–H groups in total. The molecule has 4 aromatic rings. The number of aromatic hydroxyl groups is 1. The van der Waals surface area contributed by atoms with Crippen LogP contribution in [0.3, 0.4) is 0 Å². The molecule has 0 aliphatic carbocycles. The van der Waals surface area contributed by atoms with Gasteiger partial charge in [0.25, 0.3) is 0 Å². The minimum Gasteiger partial charge on any atom is -0.504 e. The standard InChI is InChI=1S/C18H14IN5O2/c1-26-16-7-6-14(8-15(16)25)24(13-4-2-12(19)3-5-13)18-20-9-11-10-21-23-17(11)22-18/h2-10,25H,1H3,(H,20,21,22,23). The Balaban J connectivity index is 1.88. The Hall–Kier alpha value is -2.88. The van der Waals surface area contributed by atoms with Gasteiger partial charge < -0.3 is 9.84 Å². The Bertz CT molecular complexity index is 1060. The highest BCUT2D eigenvalue weighted by Crippen LogP contribution is 2.37. The van der Waals surface area contributed by atoms with Crippen molar-refractivity contribution in [3.63, 3.8) is 0 Å². The average Bonchev–Trinajstić information content (AvgIpc) is 3.12. The first-order valence-electron chi connectivity index (χ1n) is 7.74. The first-order chi connectivity index (χ1) is 12.7. The quantitative estimate of drug-likeness (QED) is 0.446. The lowest BCUT2D eigenvalue weighted by molar-refractivity contribution is 0.373. The van der Waals surface area contributed by atoms with E-state index < -0.39 is 0 Å². The highest BCUT2D eigenvalue weighted by molar-refractivity contribution is 14.1. The zero-order valence-corrected chi connectivity index (χ0v) is 15.9. The number of phenolic OH excluding ortho intramolecular Hbond substituents is 1. The molecule has 0 bridgehead atoms. The molecular formula is C18H14IN5O2. The van der Waals surface area contributed by atoms with Gasteiger partial charge in [0.1, 0.15) is 0 Å². The molecule has 0 aliphatic heterocycles. The van der Waals surface area contributed by atoms with E-state index in [2.05, 4.69) is 42.8 Å². The van der Waals surface area contributed by atoms with Crippen molar-refractivity contribution in [2.24, 2.45) is 0 Å². The van der Waals surface area contributed by atoms with Crippen LogP contribution in [0.4, 0.5) is 17.3 Å². The predicted octanol–water partition coefficient (Wildman–Crippen LogP) is 4.14. The van der Waals surface area contributed by atoms with E-state index in [0.717, 1.165) is 14.6 Å². The monoisotopic (exact) mass is 459 g/mol. The van der Waals surface area contributed by atoms with Crippen LogP contribution in [0.2, 0.25) is 0 Å². The van der Waals surface area contributed by atoms with Crippen LogP contribution in [0.1, 0.15) is 0 Å². The van der Waals surface area contributed by atoms with Crippen LogP contribution in [-0.4, -0.2) is 32.4 Å². The van der Waals surface area contributed by atoms with Gasteiger partial charge in [-0.2, -0.15) is 10.1 Å². The maximum absolute atomic E-state index is 10.2. The van der Waals surface area contributed by atoms with E-state index in [-0.39, 0.29) is 5.75 Å². The summed E-state index contributed by atoms with van der Waals surface area (Å²) in [6.45, 7) is 0. The zero-order chi connectivity index (χ0) is 18.1. The van der Waals surface area contributed by atoms with Gasteiger partial charge in [0.05, 0.1) is 24.4 Å². The van der Waals surface area contributed by atoms with Crippen LogP contribution in [-0.2, 0) is 0 Å². The Morgan fingerprint density at radius 1 is 1.08 bits per heavy atom. The summed E-state index contributed by atoms with van der Waals surface area (Å²) < 4.78 is 6.26. The summed E-state index contributed by atoms with van der Waals surface area (Å²) >= 11 is 2.25. The summed E-state index contributed by atoms with van der Waals surface area (Å²) in [5.74, 6) is 0.914. The smallest absolute Gasteiger partial charge is 0.236 e. The molecule has 0 spiro atoms. The van der Waals surface area contributed by atoms with Gasteiger partial charge in [-0.1, -0.05) is 0 Å². The second-order valence-corrected chi connectivity index (χ2v) is 6.76. The second kappa shape index (κ2) is 6.79. The van der Waals surface area contributed by atoms with Gasteiger partial charge >= 0.3 is 0 Å². The molecule has 130 valence electrons. The lowest BCUT2D eigenvalue weighted by Crippen LogP contribution is -2.13. The van der Waals surface area contributed by atoms with Crippen molar-refractivity contribution in [1.29, 1.82) is 0 Å². The third kappa shape index (κ3) is 3.03. The normalized spacial score (nSPS) is 10.8. The molecule has 0 aliphatic rings. The Labute approximate surface area is 162 Å². The minimum absolute atomic E-state index is 0.0446. The first kappa shape index (κ1) is 16.6. The molecule has 0 saturated carbocycles. The Morgan fingerprint density at radius 3 is 2.58 bits per heavy atom. The number of phenols is 1. The van der Waals surface area contributed by atoms with Crippen molar-refractivity contribution < 1.29 is 9.84 Å². The van der Waals surface area contributed by atoms with E-state index in [4.69, 9.17) is 4.74 Å². The van der Waals surface area contributed by atoms with Crippen molar-refractivity contribution in [3.05, 3.63) is 58.4 Å². The number of anilines is 3. The van der Waals surface area contributed by atoms with Crippen molar-refractivity contribution in [2.45, 2.75) is 0 Å².